The van der Waals surface area contributed by atoms with Crippen molar-refractivity contribution in [1.29, 1.82) is 0 Å². The fraction of sp³-hybridized carbons (Fsp3) is 0.357. The van der Waals surface area contributed by atoms with E-state index in [9.17, 15) is 4.79 Å². The van der Waals surface area contributed by atoms with Gasteiger partial charge in [0.2, 0.25) is 0 Å². The van der Waals surface area contributed by atoms with Crippen LogP contribution in [0.2, 0.25) is 0 Å². The molecular weight excluding hydrogens is 244 g/mol. The van der Waals surface area contributed by atoms with Crippen molar-refractivity contribution in [2.24, 2.45) is 0 Å². The van der Waals surface area contributed by atoms with Crippen LogP contribution in [-0.2, 0) is 4.79 Å². The van der Waals surface area contributed by atoms with Gasteiger partial charge in [0.05, 0.1) is 16.4 Å². The predicted molar refractivity (Wildman–Crippen MR) is 71.6 cm³/mol. The van der Waals surface area contributed by atoms with Crippen LogP contribution in [0, 0.1) is 0 Å². The number of carbonyl (C=O) groups is 1. The van der Waals surface area contributed by atoms with Gasteiger partial charge in [0, 0.05) is 30.3 Å². The molecule has 1 aliphatic rings. The zero-order chi connectivity index (χ0) is 12.4. The van der Waals surface area contributed by atoms with Crippen LogP contribution >= 0.6 is 11.3 Å². The molecule has 0 radical (unpaired) electrons. The summed E-state index contributed by atoms with van der Waals surface area (Å²) in [7, 11) is 0. The van der Waals surface area contributed by atoms with E-state index in [1.54, 1.807) is 17.5 Å². The molecule has 92 valence electrons. The molecule has 0 aromatic carbocycles. The average Bonchev–Trinajstić information content (AvgIpc) is 2.90. The van der Waals surface area contributed by atoms with Crippen molar-refractivity contribution in [3.63, 3.8) is 0 Å². The van der Waals surface area contributed by atoms with E-state index in [0.717, 1.165) is 29.2 Å². The Kier molecular flexibility index (Phi) is 3.19. The molecular formula is C14H14N2OS. The molecule has 2 heterocycles. The van der Waals surface area contributed by atoms with Gasteiger partial charge in [-0.1, -0.05) is 6.07 Å². The largest absolute Gasteiger partial charge is 0.300 e. The quantitative estimate of drug-likeness (QED) is 0.828. The summed E-state index contributed by atoms with van der Waals surface area (Å²) in [5.41, 5.74) is 1.87. The van der Waals surface area contributed by atoms with E-state index in [4.69, 9.17) is 0 Å². The number of rotatable bonds is 2. The average molecular weight is 258 g/mol. The zero-order valence-electron chi connectivity index (χ0n) is 10.0. The van der Waals surface area contributed by atoms with Crippen LogP contribution < -0.4 is 0 Å². The third-order valence-corrected chi connectivity index (χ3v) is 4.35. The Morgan fingerprint density at radius 3 is 2.72 bits per heavy atom. The second kappa shape index (κ2) is 4.98. The van der Waals surface area contributed by atoms with Crippen molar-refractivity contribution in [3.05, 3.63) is 34.8 Å². The number of aromatic nitrogens is 2. The topological polar surface area (TPSA) is 42.9 Å². The number of ketones is 1. The number of pyridine rings is 1. The summed E-state index contributed by atoms with van der Waals surface area (Å²) in [6.07, 6.45) is 5.11. The van der Waals surface area contributed by atoms with Gasteiger partial charge in [-0.25, -0.2) is 4.98 Å². The van der Waals surface area contributed by atoms with Gasteiger partial charge in [-0.05, 0) is 25.0 Å². The maximum atomic E-state index is 11.2. The Hall–Kier alpha value is -1.55. The Bertz CT molecular complexity index is 540. The van der Waals surface area contributed by atoms with Crippen LogP contribution in [0.15, 0.2) is 29.8 Å². The number of Topliss-reactive ketones (excluding diaryl/α,β-unsaturated/α-hetero) is 1. The summed E-state index contributed by atoms with van der Waals surface area (Å²) in [6, 6.07) is 5.85. The van der Waals surface area contributed by atoms with E-state index in [2.05, 4.69) is 15.3 Å². The molecule has 0 amide bonds. The lowest BCUT2D eigenvalue weighted by Gasteiger charge is -2.18. The summed E-state index contributed by atoms with van der Waals surface area (Å²) in [4.78, 5) is 20.2. The first-order valence-corrected chi connectivity index (χ1v) is 7.09. The highest BCUT2D eigenvalue weighted by Gasteiger charge is 2.22. The van der Waals surface area contributed by atoms with Gasteiger partial charge in [-0.3, -0.25) is 9.78 Å². The van der Waals surface area contributed by atoms with Gasteiger partial charge in [0.25, 0.3) is 0 Å². The molecule has 0 aliphatic heterocycles. The molecule has 3 rings (SSSR count). The molecule has 2 aromatic heterocycles. The normalized spacial score (nSPS) is 17.0. The second-order valence-corrected chi connectivity index (χ2v) is 5.49. The maximum Gasteiger partial charge on any atom is 0.132 e. The van der Waals surface area contributed by atoms with Crippen molar-refractivity contribution >= 4 is 17.1 Å². The smallest absolute Gasteiger partial charge is 0.132 e. The Balaban J connectivity index is 1.80. The first-order valence-electron chi connectivity index (χ1n) is 6.21. The van der Waals surface area contributed by atoms with Crippen LogP contribution in [0.1, 0.15) is 36.6 Å². The molecule has 0 saturated heterocycles. The number of hydrogen-bond donors (Lipinski definition) is 0. The van der Waals surface area contributed by atoms with Crippen LogP contribution in [-0.4, -0.2) is 15.8 Å². The van der Waals surface area contributed by atoms with E-state index < -0.39 is 0 Å². The van der Waals surface area contributed by atoms with Crippen molar-refractivity contribution in [3.8, 4) is 11.4 Å². The highest BCUT2D eigenvalue weighted by Crippen LogP contribution is 2.34. The molecule has 1 fully saturated rings. The fourth-order valence-electron chi connectivity index (χ4n) is 2.29. The van der Waals surface area contributed by atoms with Crippen LogP contribution in [0.5, 0.6) is 0 Å². The summed E-state index contributed by atoms with van der Waals surface area (Å²) in [5, 5.41) is 3.22. The first-order chi connectivity index (χ1) is 8.83. The monoisotopic (exact) mass is 258 g/mol. The minimum atomic E-state index is 0.396. The summed E-state index contributed by atoms with van der Waals surface area (Å²) < 4.78 is 0. The third kappa shape index (κ3) is 2.34. The molecule has 0 unspecified atom stereocenters. The standard InChI is InChI=1S/C14H14N2OS/c17-11-6-4-10(5-7-11)14-16-13(9-18-14)12-3-1-2-8-15-12/h1-3,8-10H,4-7H2. The Labute approximate surface area is 110 Å². The SMILES string of the molecule is O=C1CCC(c2nc(-c3ccccn3)cs2)CC1. The Morgan fingerprint density at radius 2 is 2.00 bits per heavy atom. The van der Waals surface area contributed by atoms with Crippen molar-refractivity contribution in [2.75, 3.05) is 0 Å². The lowest BCUT2D eigenvalue weighted by Crippen LogP contribution is -2.12. The molecule has 1 saturated carbocycles. The summed E-state index contributed by atoms with van der Waals surface area (Å²) in [5.74, 6) is 0.859. The van der Waals surface area contributed by atoms with Crippen LogP contribution in [0.25, 0.3) is 11.4 Å². The minimum absolute atomic E-state index is 0.396. The van der Waals surface area contributed by atoms with Crippen molar-refractivity contribution in [1.82, 2.24) is 9.97 Å². The molecule has 3 nitrogen and oxygen atoms in total. The molecule has 0 atom stereocenters. The molecule has 0 N–H and O–H groups in total. The predicted octanol–water partition coefficient (Wildman–Crippen LogP) is 3.43. The van der Waals surface area contributed by atoms with E-state index >= 15 is 0 Å². The number of nitrogens with zero attached hydrogens (tertiary/aromatic N) is 2. The third-order valence-electron chi connectivity index (χ3n) is 3.34. The molecule has 18 heavy (non-hydrogen) atoms. The zero-order valence-corrected chi connectivity index (χ0v) is 10.8. The van der Waals surface area contributed by atoms with Crippen molar-refractivity contribution < 1.29 is 4.79 Å². The minimum Gasteiger partial charge on any atom is -0.300 e. The van der Waals surface area contributed by atoms with Crippen LogP contribution in [0.4, 0.5) is 0 Å². The summed E-state index contributed by atoms with van der Waals surface area (Å²) in [6.45, 7) is 0. The highest BCUT2D eigenvalue weighted by molar-refractivity contribution is 7.10. The molecule has 0 bridgehead atoms. The Morgan fingerprint density at radius 1 is 1.17 bits per heavy atom. The highest BCUT2D eigenvalue weighted by atomic mass is 32.1. The number of hydrogen-bond acceptors (Lipinski definition) is 4. The van der Waals surface area contributed by atoms with Gasteiger partial charge < -0.3 is 0 Å². The first kappa shape index (κ1) is 11.5. The van der Waals surface area contributed by atoms with E-state index in [-0.39, 0.29) is 0 Å². The van der Waals surface area contributed by atoms with Gasteiger partial charge in [0.15, 0.2) is 0 Å². The molecule has 4 heteroatoms. The number of carbonyl (C=O) groups excluding carboxylic acids is 1. The van der Waals surface area contributed by atoms with Gasteiger partial charge in [-0.15, -0.1) is 11.3 Å². The fourth-order valence-corrected chi connectivity index (χ4v) is 3.28. The molecule has 0 spiro atoms. The lowest BCUT2D eigenvalue weighted by atomic mass is 9.89. The number of thiazole rings is 1. The van der Waals surface area contributed by atoms with E-state index in [1.807, 2.05) is 18.2 Å². The van der Waals surface area contributed by atoms with Crippen molar-refractivity contribution in [2.45, 2.75) is 31.6 Å². The van der Waals surface area contributed by atoms with E-state index in [0.29, 0.717) is 24.5 Å². The van der Waals surface area contributed by atoms with E-state index in [1.165, 1.54) is 0 Å². The summed E-state index contributed by atoms with van der Waals surface area (Å²) >= 11 is 1.69. The molecule has 2 aromatic rings. The molecule has 1 aliphatic carbocycles. The van der Waals surface area contributed by atoms with Gasteiger partial charge in [0.1, 0.15) is 5.78 Å². The van der Waals surface area contributed by atoms with Gasteiger partial charge in [-0.2, -0.15) is 0 Å². The lowest BCUT2D eigenvalue weighted by molar-refractivity contribution is -0.120. The maximum absolute atomic E-state index is 11.2. The second-order valence-electron chi connectivity index (χ2n) is 4.60. The van der Waals surface area contributed by atoms with Crippen LogP contribution in [0.3, 0.4) is 0 Å². The van der Waals surface area contributed by atoms with Gasteiger partial charge >= 0.3 is 0 Å².